The van der Waals surface area contributed by atoms with Crippen LogP contribution in [-0.2, 0) is 6.18 Å². The molecule has 0 aliphatic carbocycles. The molecule has 4 nitrogen and oxygen atoms in total. The van der Waals surface area contributed by atoms with Gasteiger partial charge in [-0.25, -0.2) is 13.8 Å². The highest BCUT2D eigenvalue weighted by atomic mass is 35.5. The Morgan fingerprint density at radius 1 is 1.03 bits per heavy atom. The zero-order valence-corrected chi connectivity index (χ0v) is 16.5. The van der Waals surface area contributed by atoms with Gasteiger partial charge >= 0.3 is 6.18 Å². The standard InChI is InChI=1S/C20H8Cl2F5N3O/c21-15-3-9(23)1-2-11(15)12-5-16(22)13(6-17(12)24)19(31)30-10-4-14(20(25,26)27)18(7-28)29-8-10/h1-6,8H,(H,30,31). The van der Waals surface area contributed by atoms with E-state index in [0.717, 1.165) is 30.5 Å². The molecule has 3 rings (SSSR count). The van der Waals surface area contributed by atoms with Crippen LogP contribution >= 0.6 is 23.2 Å². The fraction of sp³-hybridized carbons (Fsp3) is 0.0500. The first-order chi connectivity index (χ1) is 14.5. The summed E-state index contributed by atoms with van der Waals surface area (Å²) in [5.74, 6) is -2.57. The van der Waals surface area contributed by atoms with Gasteiger partial charge in [0.15, 0.2) is 5.69 Å². The molecule has 0 aliphatic rings. The maximum absolute atomic E-state index is 14.6. The van der Waals surface area contributed by atoms with Gasteiger partial charge in [0.25, 0.3) is 5.91 Å². The molecule has 0 saturated heterocycles. The minimum absolute atomic E-state index is 0.0875. The topological polar surface area (TPSA) is 65.8 Å². The number of halogens is 7. The Morgan fingerprint density at radius 3 is 2.35 bits per heavy atom. The Balaban J connectivity index is 1.95. The number of hydrogen-bond donors (Lipinski definition) is 1. The number of nitrogens with one attached hydrogen (secondary N) is 1. The Morgan fingerprint density at radius 2 is 1.74 bits per heavy atom. The fourth-order valence-corrected chi connectivity index (χ4v) is 3.19. The van der Waals surface area contributed by atoms with Crippen LogP contribution < -0.4 is 5.32 Å². The number of aromatic nitrogens is 1. The maximum Gasteiger partial charge on any atom is 0.419 e. The molecular formula is C20H8Cl2F5N3O. The number of pyridine rings is 1. The monoisotopic (exact) mass is 471 g/mol. The van der Waals surface area contributed by atoms with Crippen molar-refractivity contribution in [3.8, 4) is 17.2 Å². The van der Waals surface area contributed by atoms with Crippen LogP contribution in [0, 0.1) is 23.0 Å². The van der Waals surface area contributed by atoms with E-state index in [2.05, 4.69) is 10.3 Å². The average Bonchev–Trinajstić information content (AvgIpc) is 2.69. The molecule has 0 spiro atoms. The SMILES string of the molecule is N#Cc1ncc(NC(=O)c2cc(F)c(-c3ccc(F)cc3Cl)cc2Cl)cc1C(F)(F)F. The summed E-state index contributed by atoms with van der Waals surface area (Å²) in [6.45, 7) is 0. The predicted octanol–water partition coefficient (Wildman–Crippen LogP) is 6.48. The van der Waals surface area contributed by atoms with Crippen molar-refractivity contribution in [3.63, 3.8) is 0 Å². The zero-order chi connectivity index (χ0) is 22.9. The summed E-state index contributed by atoms with van der Waals surface area (Å²) in [5.41, 5.74) is -2.94. The molecule has 0 bridgehead atoms. The van der Waals surface area contributed by atoms with Crippen molar-refractivity contribution in [3.05, 3.63) is 81.1 Å². The lowest BCUT2D eigenvalue weighted by molar-refractivity contribution is -0.138. The van der Waals surface area contributed by atoms with Crippen LogP contribution in [0.15, 0.2) is 42.6 Å². The maximum atomic E-state index is 14.6. The highest BCUT2D eigenvalue weighted by molar-refractivity contribution is 6.35. The number of hydrogen-bond acceptors (Lipinski definition) is 3. The molecule has 1 N–H and O–H groups in total. The van der Waals surface area contributed by atoms with Crippen molar-refractivity contribution in [1.82, 2.24) is 4.98 Å². The van der Waals surface area contributed by atoms with Gasteiger partial charge in [0, 0.05) is 11.1 Å². The first kappa shape index (κ1) is 22.5. The van der Waals surface area contributed by atoms with Crippen LogP contribution in [0.3, 0.4) is 0 Å². The highest BCUT2D eigenvalue weighted by Crippen LogP contribution is 2.35. The molecular weight excluding hydrogens is 464 g/mol. The molecule has 0 radical (unpaired) electrons. The van der Waals surface area contributed by atoms with E-state index in [0.29, 0.717) is 6.07 Å². The van der Waals surface area contributed by atoms with E-state index in [9.17, 15) is 26.7 Å². The van der Waals surface area contributed by atoms with E-state index >= 15 is 0 Å². The van der Waals surface area contributed by atoms with Crippen molar-refractivity contribution in [2.45, 2.75) is 6.18 Å². The van der Waals surface area contributed by atoms with Crippen molar-refractivity contribution < 1.29 is 26.7 Å². The van der Waals surface area contributed by atoms with E-state index in [1.807, 2.05) is 0 Å². The summed E-state index contributed by atoms with van der Waals surface area (Å²) in [5, 5.41) is 10.6. The van der Waals surface area contributed by atoms with Crippen LogP contribution in [0.4, 0.5) is 27.6 Å². The number of nitrogens with zero attached hydrogens (tertiary/aromatic N) is 2. The summed E-state index contributed by atoms with van der Waals surface area (Å²) in [6, 6.07) is 6.96. The Bertz CT molecular complexity index is 1240. The Kier molecular flexibility index (Phi) is 6.15. The molecule has 2 aromatic carbocycles. The molecule has 31 heavy (non-hydrogen) atoms. The molecule has 1 heterocycles. The van der Waals surface area contributed by atoms with Gasteiger partial charge in [0.2, 0.25) is 0 Å². The molecule has 1 amide bonds. The largest absolute Gasteiger partial charge is 0.419 e. The third-order valence-electron chi connectivity index (χ3n) is 4.08. The average molecular weight is 472 g/mol. The number of rotatable bonds is 3. The quantitative estimate of drug-likeness (QED) is 0.444. The summed E-state index contributed by atoms with van der Waals surface area (Å²) in [6.07, 6.45) is -4.03. The number of carbonyl (C=O) groups is 1. The van der Waals surface area contributed by atoms with Gasteiger partial charge in [-0.2, -0.15) is 18.4 Å². The molecule has 0 saturated carbocycles. The predicted molar refractivity (Wildman–Crippen MR) is 104 cm³/mol. The zero-order valence-electron chi connectivity index (χ0n) is 15.0. The first-order valence-electron chi connectivity index (χ1n) is 8.24. The molecule has 11 heteroatoms. The van der Waals surface area contributed by atoms with Crippen LogP contribution in [-0.4, -0.2) is 10.9 Å². The van der Waals surface area contributed by atoms with Gasteiger partial charge in [-0.3, -0.25) is 4.79 Å². The number of nitriles is 1. The van der Waals surface area contributed by atoms with E-state index in [-0.39, 0.29) is 32.4 Å². The van der Waals surface area contributed by atoms with Gasteiger partial charge in [0.05, 0.1) is 33.1 Å². The fourth-order valence-electron chi connectivity index (χ4n) is 2.67. The smallest absolute Gasteiger partial charge is 0.321 e. The third-order valence-corrected chi connectivity index (χ3v) is 4.70. The second-order valence-corrected chi connectivity index (χ2v) is 6.93. The molecule has 0 fully saturated rings. The summed E-state index contributed by atoms with van der Waals surface area (Å²) in [4.78, 5) is 15.8. The van der Waals surface area contributed by atoms with Crippen LogP contribution in [0.5, 0.6) is 0 Å². The lowest BCUT2D eigenvalue weighted by Crippen LogP contribution is -2.15. The molecule has 3 aromatic rings. The third kappa shape index (κ3) is 4.76. The van der Waals surface area contributed by atoms with Gasteiger partial charge in [-0.15, -0.1) is 0 Å². The number of amides is 1. The van der Waals surface area contributed by atoms with Gasteiger partial charge < -0.3 is 5.32 Å². The number of anilines is 1. The van der Waals surface area contributed by atoms with Gasteiger partial charge in [-0.05, 0) is 36.4 Å². The van der Waals surface area contributed by atoms with Crippen LogP contribution in [0.25, 0.3) is 11.1 Å². The first-order valence-corrected chi connectivity index (χ1v) is 9.00. The van der Waals surface area contributed by atoms with E-state index < -0.39 is 35.0 Å². The second kappa shape index (κ2) is 8.49. The minimum Gasteiger partial charge on any atom is -0.321 e. The second-order valence-electron chi connectivity index (χ2n) is 6.12. The van der Waals surface area contributed by atoms with Crippen molar-refractivity contribution in [1.29, 1.82) is 5.26 Å². The Labute approximate surface area is 181 Å². The summed E-state index contributed by atoms with van der Waals surface area (Å²) in [7, 11) is 0. The van der Waals surface area contributed by atoms with Gasteiger partial charge in [-0.1, -0.05) is 23.2 Å². The molecule has 0 aliphatic heterocycles. The lowest BCUT2D eigenvalue weighted by atomic mass is 10.0. The van der Waals surface area contributed by atoms with Gasteiger partial charge in [0.1, 0.15) is 17.7 Å². The Hall–Kier alpha value is -3.22. The van der Waals surface area contributed by atoms with E-state index in [1.54, 1.807) is 0 Å². The van der Waals surface area contributed by atoms with Crippen molar-refractivity contribution >= 4 is 34.8 Å². The van der Waals surface area contributed by atoms with Crippen molar-refractivity contribution in [2.75, 3.05) is 5.32 Å². The summed E-state index contributed by atoms with van der Waals surface area (Å²) < 4.78 is 67.0. The lowest BCUT2D eigenvalue weighted by Gasteiger charge is -2.13. The number of benzene rings is 2. The highest BCUT2D eigenvalue weighted by Gasteiger charge is 2.35. The number of carbonyl (C=O) groups excluding carboxylic acids is 1. The van der Waals surface area contributed by atoms with Crippen LogP contribution in [0.1, 0.15) is 21.6 Å². The summed E-state index contributed by atoms with van der Waals surface area (Å²) >= 11 is 12.0. The molecule has 158 valence electrons. The normalized spacial score (nSPS) is 11.2. The minimum atomic E-state index is -4.88. The van der Waals surface area contributed by atoms with Crippen LogP contribution in [0.2, 0.25) is 10.0 Å². The molecule has 0 atom stereocenters. The molecule has 1 aromatic heterocycles. The van der Waals surface area contributed by atoms with E-state index in [1.165, 1.54) is 12.1 Å². The van der Waals surface area contributed by atoms with E-state index in [4.69, 9.17) is 28.5 Å². The molecule has 0 unspecified atom stereocenters. The number of alkyl halides is 3. The van der Waals surface area contributed by atoms with Crippen molar-refractivity contribution in [2.24, 2.45) is 0 Å².